The zero-order valence-corrected chi connectivity index (χ0v) is 55.3. The number of imidazole rings is 1. The summed E-state index contributed by atoms with van der Waals surface area (Å²) in [4.78, 5) is 131. The third-order valence-corrected chi connectivity index (χ3v) is 18.2. The van der Waals surface area contributed by atoms with Gasteiger partial charge in [-0.3, -0.25) is 33.6 Å². The van der Waals surface area contributed by atoms with E-state index in [1.165, 1.54) is 50.4 Å². The second kappa shape index (κ2) is 35.8. The molecule has 0 saturated carbocycles. The van der Waals surface area contributed by atoms with Crippen LogP contribution in [0.5, 0.6) is 0 Å². The van der Waals surface area contributed by atoms with Crippen molar-refractivity contribution in [1.29, 1.82) is 0 Å². The first-order valence-corrected chi connectivity index (χ1v) is 33.8. The van der Waals surface area contributed by atoms with Crippen LogP contribution in [0.3, 0.4) is 0 Å². The lowest BCUT2D eigenvalue weighted by molar-refractivity contribution is -0.372. The average molecular weight is 1420 g/mol. The SMILES string of the molecule is Cc1c(N)nc([C@H](CC(N)=O)NC[C@H](N)C(N)=O)nc1C(=O)N[C@H](C(=O)N[C@H](C)[C@@H](O)[C@@H](C)C(=O)N[C@H](C(=O)NCCc1nc(-c2nc(C(=O)NCCC[S+](C)C)cs2)cs1)[C@@H](C)O)[C@@H](O[C@H]1O[C@@H](CO)[C@@H](O)[C@H](O)[C@@H]1O[C@H]1O[C@H](CO)[C@@H](O)[C@H](OC(N)=O)[C@@H]1O)c1cnc[nH]1. The fourth-order valence-corrected chi connectivity index (χ4v) is 12.1. The summed E-state index contributed by atoms with van der Waals surface area (Å²) in [5, 5.41) is 108. The highest BCUT2D eigenvalue weighted by Gasteiger charge is 2.54. The molecule has 96 heavy (non-hydrogen) atoms. The van der Waals surface area contributed by atoms with Gasteiger partial charge < -0.3 is 130 Å². The molecule has 2 aliphatic heterocycles. The number of primary amides is 3. The molecule has 8 amide bonds. The van der Waals surface area contributed by atoms with Crippen LogP contribution in [-0.2, 0) is 65.0 Å². The maximum absolute atomic E-state index is 15.2. The summed E-state index contributed by atoms with van der Waals surface area (Å²) in [6.45, 7) is 3.18. The lowest BCUT2D eigenvalue weighted by atomic mass is 9.96. The van der Waals surface area contributed by atoms with Crippen LogP contribution in [0.25, 0.3) is 10.7 Å². The predicted octanol–water partition coefficient (Wildman–Crippen LogP) is -7.70. The van der Waals surface area contributed by atoms with Crippen LogP contribution < -0.4 is 60.6 Å². The Bertz CT molecular complexity index is 3280. The Labute approximate surface area is 559 Å². The number of aromatic amines is 1. The molecular formula is C55H84N17O21S3+. The number of rotatable bonds is 35. The molecule has 2 fully saturated rings. The number of amides is 8. The van der Waals surface area contributed by atoms with Crippen molar-refractivity contribution in [2.75, 3.05) is 56.8 Å². The number of thiazole rings is 2. The van der Waals surface area contributed by atoms with E-state index in [-0.39, 0.29) is 64.9 Å². The van der Waals surface area contributed by atoms with E-state index in [4.69, 9.17) is 52.4 Å². The molecule has 0 aliphatic carbocycles. The van der Waals surface area contributed by atoms with Crippen molar-refractivity contribution in [1.82, 2.24) is 61.8 Å². The summed E-state index contributed by atoms with van der Waals surface area (Å²) in [6.07, 6.45) is -20.0. The van der Waals surface area contributed by atoms with Crippen LogP contribution in [0.2, 0.25) is 0 Å². The Kier molecular flexibility index (Phi) is 29.0. The standard InChI is InChI=1S/C55H83N17O21S3/c1-20-33(69-46(72-44(20)58)25(12-31(57)76)64-13-24(56)45(59)82)50(86)71-35(41(26-14-61-19-65-26)91-54-43(39(80)37(78)29(15-73)90-54)92-53-40(81)42(93-55(60)88)38(79)30(16-74)89-53)51(87)66-22(3)36(77)21(2)47(83)70-34(23(4)75)49(85)63-10-8-32-67-28(18-94-32)52-68-27(17-95-52)48(84)62-9-7-11-96(5)6/h14,17-19,21-25,29-30,34-43,53-54,64,73-75,77-81H,7-13,15-16,56H2,1-6H3,(H13-,57,58,59,60,61,62,63,65,66,69,70,71,72,76,82,83,84,85,86,87,88)/p+1/t21-,22-,23-,24+,25+,29+,30-,34+,35+,36+,37-,38-,39+,40+,41+,42+,43+,53-,54-/m1/s1. The van der Waals surface area contributed by atoms with E-state index in [9.17, 15) is 74.4 Å². The molecule has 41 heteroatoms. The molecule has 0 unspecified atom stereocenters. The number of nitrogen functional groups attached to an aromatic ring is 1. The van der Waals surface area contributed by atoms with E-state index >= 15 is 4.79 Å². The van der Waals surface area contributed by atoms with Gasteiger partial charge in [-0.15, -0.1) is 22.7 Å². The monoisotopic (exact) mass is 1410 g/mol. The van der Waals surface area contributed by atoms with Gasteiger partial charge in [0.2, 0.25) is 29.5 Å². The predicted molar refractivity (Wildman–Crippen MR) is 339 cm³/mol. The normalized spacial score (nSPS) is 24.0. The molecule has 25 N–H and O–H groups in total. The van der Waals surface area contributed by atoms with Gasteiger partial charge in [-0.25, -0.2) is 29.7 Å². The van der Waals surface area contributed by atoms with Crippen molar-refractivity contribution in [2.45, 2.75) is 157 Å². The minimum atomic E-state index is -2.20. The summed E-state index contributed by atoms with van der Waals surface area (Å²) in [6, 6.07) is -7.85. The summed E-state index contributed by atoms with van der Waals surface area (Å²) in [7, 11) is 0.254. The Morgan fingerprint density at radius 3 is 2.09 bits per heavy atom. The molecule has 19 atom stereocenters. The molecular weight excluding hydrogens is 1330 g/mol. The van der Waals surface area contributed by atoms with Crippen molar-refractivity contribution in [3.05, 3.63) is 56.8 Å². The van der Waals surface area contributed by atoms with Crippen LogP contribution in [0, 0.1) is 12.8 Å². The number of ether oxygens (including phenoxy) is 5. The molecule has 0 spiro atoms. The first-order chi connectivity index (χ1) is 45.3. The molecule has 38 nitrogen and oxygen atoms in total. The van der Waals surface area contributed by atoms with Gasteiger partial charge in [0.1, 0.15) is 100 Å². The summed E-state index contributed by atoms with van der Waals surface area (Å²) in [5.41, 5.74) is 28.1. The van der Waals surface area contributed by atoms with Crippen molar-refractivity contribution in [3.8, 4) is 10.7 Å². The first-order valence-electron chi connectivity index (χ1n) is 29.8. The summed E-state index contributed by atoms with van der Waals surface area (Å²) >= 11 is 2.52. The maximum atomic E-state index is 15.2. The molecule has 4 aromatic heterocycles. The topological polar surface area (TPSA) is 627 Å². The minimum absolute atomic E-state index is 0.00498. The van der Waals surface area contributed by atoms with Crippen LogP contribution in [0.1, 0.15) is 88.8 Å². The van der Waals surface area contributed by atoms with E-state index in [2.05, 4.69) is 74.3 Å². The van der Waals surface area contributed by atoms with E-state index < -0.39 is 183 Å². The van der Waals surface area contributed by atoms with Gasteiger partial charge in [0, 0.05) is 55.2 Å². The molecule has 0 radical (unpaired) electrons. The lowest BCUT2D eigenvalue weighted by Crippen LogP contribution is -2.65. The minimum Gasteiger partial charge on any atom is -0.441 e. The molecule has 0 aromatic carbocycles. The Morgan fingerprint density at radius 2 is 1.47 bits per heavy atom. The quantitative estimate of drug-likeness (QED) is 0.0150. The zero-order valence-electron chi connectivity index (χ0n) is 52.9. The van der Waals surface area contributed by atoms with Crippen LogP contribution in [0.4, 0.5) is 10.6 Å². The third kappa shape index (κ3) is 20.6. The molecule has 6 rings (SSSR count). The Hall–Kier alpha value is -7.30. The highest BCUT2D eigenvalue weighted by atomic mass is 32.2. The maximum Gasteiger partial charge on any atom is 0.404 e. The number of nitrogens with two attached hydrogens (primary N) is 5. The average Bonchev–Trinajstić information content (AvgIpc) is 0.885. The van der Waals surface area contributed by atoms with E-state index in [0.717, 1.165) is 24.7 Å². The Morgan fingerprint density at radius 1 is 0.781 bits per heavy atom. The molecule has 2 saturated heterocycles. The second-order valence-electron chi connectivity index (χ2n) is 22.8. The molecule has 532 valence electrons. The number of aliphatic hydroxyl groups is 8. The number of nitrogens with one attached hydrogen (secondary N) is 7. The molecule has 0 bridgehead atoms. The van der Waals surface area contributed by atoms with Crippen LogP contribution in [-0.4, -0.2) is 267 Å². The fraction of sp³-hybridized carbons (Fsp3) is 0.618. The number of carbonyl (C=O) groups excluding carboxylic acids is 8. The van der Waals surface area contributed by atoms with Gasteiger partial charge >= 0.3 is 6.09 Å². The van der Waals surface area contributed by atoms with E-state index in [1.54, 1.807) is 10.8 Å². The number of aromatic nitrogens is 6. The van der Waals surface area contributed by atoms with Crippen LogP contribution >= 0.6 is 22.7 Å². The van der Waals surface area contributed by atoms with Gasteiger partial charge in [-0.2, -0.15) is 0 Å². The van der Waals surface area contributed by atoms with Crippen molar-refractivity contribution in [2.24, 2.45) is 28.9 Å². The number of anilines is 1. The second-order valence-corrected chi connectivity index (χ2v) is 27.0. The highest BCUT2D eigenvalue weighted by Crippen LogP contribution is 2.35. The molecule has 2 aliphatic rings. The smallest absolute Gasteiger partial charge is 0.404 e. The number of aliphatic hydroxyl groups excluding tert-OH is 8. The molecule has 4 aromatic rings. The Balaban J connectivity index is 1.26. The van der Waals surface area contributed by atoms with Gasteiger partial charge in [-0.05, 0) is 31.7 Å². The third-order valence-electron chi connectivity index (χ3n) is 15.3. The van der Waals surface area contributed by atoms with Crippen molar-refractivity contribution < 1.29 is 103 Å². The number of H-pyrrole nitrogens is 1. The molecule has 6 heterocycles. The number of hydrogen-bond donors (Lipinski definition) is 20. The summed E-state index contributed by atoms with van der Waals surface area (Å²) < 4.78 is 28.7. The van der Waals surface area contributed by atoms with E-state index in [1.807, 2.05) is 0 Å². The first kappa shape index (κ1) is 77.7. The largest absolute Gasteiger partial charge is 0.441 e. The number of nitrogens with zero attached hydrogens (tertiary/aromatic N) is 5. The van der Waals surface area contributed by atoms with Gasteiger partial charge in [0.05, 0.1) is 85.2 Å². The number of carbonyl (C=O) groups is 8. The lowest BCUT2D eigenvalue weighted by Gasteiger charge is -2.47. The summed E-state index contributed by atoms with van der Waals surface area (Å²) in [5.74, 6) is -7.69. The van der Waals surface area contributed by atoms with E-state index in [0.29, 0.717) is 22.3 Å². The fourth-order valence-electron chi connectivity index (χ4n) is 9.80. The zero-order chi connectivity index (χ0) is 71.0. The van der Waals surface area contributed by atoms with Gasteiger partial charge in [0.15, 0.2) is 18.7 Å². The van der Waals surface area contributed by atoms with Crippen molar-refractivity contribution >= 4 is 86.8 Å². The van der Waals surface area contributed by atoms with Crippen LogP contribution in [0.15, 0.2) is 23.3 Å². The number of hydrogen-bond acceptors (Lipinski definition) is 31. The van der Waals surface area contributed by atoms with Gasteiger partial charge in [0.25, 0.3) is 11.8 Å². The van der Waals surface area contributed by atoms with Crippen molar-refractivity contribution in [3.63, 3.8) is 0 Å². The van der Waals surface area contributed by atoms with Gasteiger partial charge in [-0.1, -0.05) is 6.92 Å². The highest BCUT2D eigenvalue weighted by molar-refractivity contribution is 7.95.